The fraction of sp³-hybridized carbons (Fsp3) is 0.450. The highest BCUT2D eigenvalue weighted by Crippen LogP contribution is 2.23. The molecule has 1 aromatic carbocycles. The first-order valence-electron chi connectivity index (χ1n) is 9.36. The number of aromatic nitrogens is 2. The lowest BCUT2D eigenvalue weighted by atomic mass is 9.97. The summed E-state index contributed by atoms with van der Waals surface area (Å²) in [5, 5.41) is 4.00. The number of halogens is 1. The molecule has 1 aliphatic rings. The third kappa shape index (κ3) is 5.23. The summed E-state index contributed by atoms with van der Waals surface area (Å²) < 4.78 is 2.59. The van der Waals surface area contributed by atoms with Crippen LogP contribution in [0.5, 0.6) is 0 Å². The maximum atomic E-state index is 13.1. The van der Waals surface area contributed by atoms with Crippen LogP contribution in [0.15, 0.2) is 44.3 Å². The lowest BCUT2D eigenvalue weighted by Crippen LogP contribution is -2.27. The van der Waals surface area contributed by atoms with E-state index >= 15 is 0 Å². The molecule has 5 nitrogen and oxygen atoms in total. The number of amides is 1. The van der Waals surface area contributed by atoms with Gasteiger partial charge in [-0.1, -0.05) is 39.3 Å². The maximum absolute atomic E-state index is 13.1. The largest absolute Gasteiger partial charge is 0.356 e. The number of thioether (sulfide) groups is 1. The molecule has 1 aliphatic carbocycles. The van der Waals surface area contributed by atoms with Crippen molar-refractivity contribution in [3.63, 3.8) is 0 Å². The Morgan fingerprint density at radius 3 is 2.96 bits per heavy atom. The topological polar surface area (TPSA) is 64.0 Å². The molecule has 0 unspecified atom stereocenters. The smallest absolute Gasteiger partial charge is 0.262 e. The fourth-order valence-corrected chi connectivity index (χ4v) is 4.46. The zero-order valence-electron chi connectivity index (χ0n) is 15.5. The molecule has 0 saturated heterocycles. The van der Waals surface area contributed by atoms with E-state index in [2.05, 4.69) is 32.3 Å². The summed E-state index contributed by atoms with van der Waals surface area (Å²) in [4.78, 5) is 29.7. The van der Waals surface area contributed by atoms with Gasteiger partial charge in [-0.3, -0.25) is 14.2 Å². The third-order valence-electron chi connectivity index (χ3n) is 4.63. The molecule has 144 valence electrons. The predicted molar refractivity (Wildman–Crippen MR) is 114 cm³/mol. The van der Waals surface area contributed by atoms with Crippen molar-refractivity contribution in [2.75, 3.05) is 12.3 Å². The summed E-state index contributed by atoms with van der Waals surface area (Å²) in [5.74, 6) is 0.208. The number of fused-ring (bicyclic) bond motifs is 1. The van der Waals surface area contributed by atoms with E-state index in [1.165, 1.54) is 30.2 Å². The molecular weight excluding hydrogens is 426 g/mol. The zero-order valence-corrected chi connectivity index (χ0v) is 17.9. The van der Waals surface area contributed by atoms with E-state index in [0.717, 1.165) is 23.7 Å². The lowest BCUT2D eigenvalue weighted by Gasteiger charge is -2.16. The normalized spacial score (nSPS) is 14.2. The van der Waals surface area contributed by atoms with E-state index in [0.29, 0.717) is 29.1 Å². The standard InChI is InChI=1S/C20H24BrN3O2S/c1-2-22-18(25)13-27-20-23-17-9-8-15(21)12-16(17)19(26)24(20)11-10-14-6-4-3-5-7-14/h6,8-9,12H,2-5,7,10-11,13H2,1H3,(H,22,25). The van der Waals surface area contributed by atoms with E-state index < -0.39 is 0 Å². The van der Waals surface area contributed by atoms with Crippen LogP contribution < -0.4 is 10.9 Å². The number of hydrogen-bond acceptors (Lipinski definition) is 4. The SMILES string of the molecule is CCNC(=O)CSc1nc2ccc(Br)cc2c(=O)n1CCC1=CCCCC1. The summed E-state index contributed by atoms with van der Waals surface area (Å²) in [7, 11) is 0. The van der Waals surface area contributed by atoms with Crippen LogP contribution >= 0.6 is 27.7 Å². The minimum atomic E-state index is -0.0470. The first-order valence-corrected chi connectivity index (χ1v) is 11.1. The molecule has 0 radical (unpaired) electrons. The monoisotopic (exact) mass is 449 g/mol. The average molecular weight is 450 g/mol. The summed E-state index contributed by atoms with van der Waals surface area (Å²) in [5.41, 5.74) is 2.04. The van der Waals surface area contributed by atoms with Gasteiger partial charge in [0.15, 0.2) is 5.16 Å². The number of nitrogens with one attached hydrogen (secondary N) is 1. The molecule has 3 rings (SSSR count). The molecule has 0 fully saturated rings. The van der Waals surface area contributed by atoms with Crippen molar-refractivity contribution in [3.8, 4) is 0 Å². The van der Waals surface area contributed by atoms with E-state index in [1.807, 2.05) is 25.1 Å². The Bertz CT molecular complexity index is 923. The quantitative estimate of drug-likeness (QED) is 0.389. The molecule has 0 atom stereocenters. The van der Waals surface area contributed by atoms with Gasteiger partial charge < -0.3 is 5.32 Å². The Kier molecular flexibility index (Phi) is 7.13. The highest BCUT2D eigenvalue weighted by atomic mass is 79.9. The van der Waals surface area contributed by atoms with Gasteiger partial charge in [0.25, 0.3) is 5.56 Å². The molecule has 0 aliphatic heterocycles. The van der Waals surface area contributed by atoms with E-state index in [1.54, 1.807) is 4.57 Å². The Hall–Kier alpha value is -1.60. The van der Waals surface area contributed by atoms with Gasteiger partial charge in [-0.15, -0.1) is 0 Å². The van der Waals surface area contributed by atoms with Crippen molar-refractivity contribution >= 4 is 44.5 Å². The van der Waals surface area contributed by atoms with Gasteiger partial charge in [0.05, 0.1) is 16.7 Å². The Balaban J connectivity index is 1.91. The number of allylic oxidation sites excluding steroid dienone is 2. The van der Waals surface area contributed by atoms with Crippen molar-refractivity contribution in [1.29, 1.82) is 0 Å². The average Bonchev–Trinajstić information content (AvgIpc) is 2.67. The van der Waals surface area contributed by atoms with Crippen LogP contribution in [-0.4, -0.2) is 27.8 Å². The zero-order chi connectivity index (χ0) is 19.2. The summed E-state index contributed by atoms with van der Waals surface area (Å²) in [6.45, 7) is 3.08. The number of rotatable bonds is 7. The molecule has 1 N–H and O–H groups in total. The maximum Gasteiger partial charge on any atom is 0.262 e. The molecule has 0 bridgehead atoms. The van der Waals surface area contributed by atoms with Crippen molar-refractivity contribution < 1.29 is 4.79 Å². The fourth-order valence-electron chi connectivity index (χ4n) is 3.25. The molecule has 0 saturated carbocycles. The molecule has 1 aromatic heterocycles. The van der Waals surface area contributed by atoms with Crippen molar-refractivity contribution in [1.82, 2.24) is 14.9 Å². The predicted octanol–water partition coefficient (Wildman–Crippen LogP) is 4.28. The molecule has 2 aromatic rings. The first-order chi connectivity index (χ1) is 13.1. The second-order valence-corrected chi connectivity index (χ2v) is 8.47. The highest BCUT2D eigenvalue weighted by Gasteiger charge is 2.14. The summed E-state index contributed by atoms with van der Waals surface area (Å²) >= 11 is 4.76. The van der Waals surface area contributed by atoms with Crippen LogP contribution in [0.2, 0.25) is 0 Å². The Morgan fingerprint density at radius 1 is 1.37 bits per heavy atom. The Labute approximate surface area is 171 Å². The van der Waals surface area contributed by atoms with Crippen LogP contribution in [-0.2, 0) is 11.3 Å². The van der Waals surface area contributed by atoms with Crippen LogP contribution in [0, 0.1) is 0 Å². The molecule has 27 heavy (non-hydrogen) atoms. The van der Waals surface area contributed by atoms with E-state index in [4.69, 9.17) is 0 Å². The van der Waals surface area contributed by atoms with Gasteiger partial charge in [-0.05, 0) is 57.2 Å². The minimum Gasteiger partial charge on any atom is -0.356 e. The molecule has 0 spiro atoms. The van der Waals surface area contributed by atoms with Crippen molar-refractivity contribution in [2.45, 2.75) is 50.7 Å². The first kappa shape index (κ1) is 20.1. The van der Waals surface area contributed by atoms with Crippen molar-refractivity contribution in [2.24, 2.45) is 0 Å². The molecular formula is C20H24BrN3O2S. The number of nitrogens with zero attached hydrogens (tertiary/aromatic N) is 2. The number of hydrogen-bond donors (Lipinski definition) is 1. The van der Waals surface area contributed by atoms with Gasteiger partial charge in [0, 0.05) is 17.6 Å². The lowest BCUT2D eigenvalue weighted by molar-refractivity contribution is -0.118. The van der Waals surface area contributed by atoms with Gasteiger partial charge in [-0.2, -0.15) is 0 Å². The number of carbonyl (C=O) groups is 1. The van der Waals surface area contributed by atoms with E-state index in [9.17, 15) is 9.59 Å². The van der Waals surface area contributed by atoms with E-state index in [-0.39, 0.29) is 17.2 Å². The molecule has 1 heterocycles. The van der Waals surface area contributed by atoms with Gasteiger partial charge in [-0.25, -0.2) is 4.98 Å². The second-order valence-electron chi connectivity index (χ2n) is 6.61. The van der Waals surface area contributed by atoms with Crippen LogP contribution in [0.25, 0.3) is 10.9 Å². The highest BCUT2D eigenvalue weighted by molar-refractivity contribution is 9.10. The van der Waals surface area contributed by atoms with Crippen LogP contribution in [0.4, 0.5) is 0 Å². The Morgan fingerprint density at radius 2 is 2.22 bits per heavy atom. The van der Waals surface area contributed by atoms with Gasteiger partial charge in [0.2, 0.25) is 5.91 Å². The van der Waals surface area contributed by atoms with Gasteiger partial charge in [0.1, 0.15) is 0 Å². The van der Waals surface area contributed by atoms with Crippen molar-refractivity contribution in [3.05, 3.63) is 44.7 Å². The number of carbonyl (C=O) groups excluding carboxylic acids is 1. The molecule has 7 heteroatoms. The summed E-state index contributed by atoms with van der Waals surface area (Å²) in [6, 6.07) is 5.54. The minimum absolute atomic E-state index is 0.0453. The van der Waals surface area contributed by atoms with Gasteiger partial charge >= 0.3 is 0 Å². The van der Waals surface area contributed by atoms with Crippen LogP contribution in [0.1, 0.15) is 39.0 Å². The van der Waals surface area contributed by atoms with Crippen LogP contribution in [0.3, 0.4) is 0 Å². The summed E-state index contributed by atoms with van der Waals surface area (Å²) in [6.07, 6.45) is 7.89. The second kappa shape index (κ2) is 9.55. The third-order valence-corrected chi connectivity index (χ3v) is 6.10. The molecule has 1 amide bonds. The number of benzene rings is 1.